The molecule has 34 heavy (non-hydrogen) atoms. The molecule has 6 heteroatoms. The van der Waals surface area contributed by atoms with Crippen LogP contribution in [-0.4, -0.2) is 36.0 Å². The number of ether oxygens (including phenoxy) is 1. The van der Waals surface area contributed by atoms with Crippen molar-refractivity contribution in [3.05, 3.63) is 35.4 Å². The number of benzene rings is 1. The average Bonchev–Trinajstić information content (AvgIpc) is 3.13. The number of fused-ring (bicyclic) bond motifs is 5. The molecule has 1 saturated heterocycles. The molecule has 1 amide bonds. The van der Waals surface area contributed by atoms with Gasteiger partial charge < -0.3 is 9.64 Å². The van der Waals surface area contributed by atoms with Gasteiger partial charge in [-0.05, 0) is 92.6 Å². The molecule has 4 nitrogen and oxygen atoms in total. The van der Waals surface area contributed by atoms with Crippen LogP contribution in [-0.2, 0) is 9.53 Å². The van der Waals surface area contributed by atoms with Crippen LogP contribution >= 0.6 is 0 Å². The van der Waals surface area contributed by atoms with Crippen molar-refractivity contribution in [2.75, 3.05) is 7.05 Å². The fourth-order valence-corrected chi connectivity index (χ4v) is 8.95. The predicted molar refractivity (Wildman–Crippen MR) is 125 cm³/mol. The first-order valence-electron chi connectivity index (χ1n) is 13.0. The summed E-state index contributed by atoms with van der Waals surface area (Å²) < 4.78 is 33.0. The Morgan fingerprint density at radius 1 is 1.00 bits per heavy atom. The molecule has 3 aliphatic carbocycles. The monoisotopic (exact) mass is 473 g/mol. The van der Waals surface area contributed by atoms with Crippen molar-refractivity contribution < 1.29 is 23.1 Å². The van der Waals surface area contributed by atoms with Gasteiger partial charge in [0.25, 0.3) is 0 Å². The van der Waals surface area contributed by atoms with E-state index >= 15 is 0 Å². The summed E-state index contributed by atoms with van der Waals surface area (Å²) in [5.41, 5.74) is 0.202. The SMILES string of the molecule is CC(OC(=O)c1cc(F)cc(F)c1)[C@H]1CC[C@H]2[C@@H]3CCC4N(C)C(=O)CC[C@]4(C)[C@H]3CC[C@]12C. The second-order valence-corrected chi connectivity index (χ2v) is 12.0. The maximum Gasteiger partial charge on any atom is 0.338 e. The number of halogens is 2. The molecular weight excluding hydrogens is 436 g/mol. The van der Waals surface area contributed by atoms with Crippen LogP contribution in [0, 0.1) is 46.1 Å². The van der Waals surface area contributed by atoms with Crippen LogP contribution in [0.1, 0.15) is 82.5 Å². The van der Waals surface area contributed by atoms with Gasteiger partial charge in [-0.1, -0.05) is 13.8 Å². The summed E-state index contributed by atoms with van der Waals surface area (Å²) >= 11 is 0. The molecule has 4 aliphatic rings. The van der Waals surface area contributed by atoms with Crippen LogP contribution in [0.4, 0.5) is 8.78 Å². The number of rotatable bonds is 3. The Morgan fingerprint density at radius 3 is 2.38 bits per heavy atom. The van der Waals surface area contributed by atoms with Crippen molar-refractivity contribution in [3.63, 3.8) is 0 Å². The van der Waals surface area contributed by atoms with Crippen LogP contribution in [0.15, 0.2) is 18.2 Å². The zero-order valence-corrected chi connectivity index (χ0v) is 20.8. The molecule has 8 atom stereocenters. The minimum Gasteiger partial charge on any atom is -0.459 e. The largest absolute Gasteiger partial charge is 0.459 e. The van der Waals surface area contributed by atoms with Gasteiger partial charge in [-0.15, -0.1) is 0 Å². The Labute approximate surface area is 201 Å². The molecule has 2 unspecified atom stereocenters. The fourth-order valence-electron chi connectivity index (χ4n) is 8.95. The van der Waals surface area contributed by atoms with Gasteiger partial charge in [0.05, 0.1) is 5.56 Å². The molecule has 0 bridgehead atoms. The lowest BCUT2D eigenvalue weighted by Crippen LogP contribution is -2.61. The first-order valence-corrected chi connectivity index (χ1v) is 13.0. The van der Waals surface area contributed by atoms with Crippen molar-refractivity contribution in [2.24, 2.45) is 34.5 Å². The van der Waals surface area contributed by atoms with Gasteiger partial charge >= 0.3 is 5.97 Å². The van der Waals surface area contributed by atoms with Crippen LogP contribution in [0.25, 0.3) is 0 Å². The molecular formula is C28H37F2NO3. The number of likely N-dealkylation sites (tertiary alicyclic amines) is 1. The van der Waals surface area contributed by atoms with Crippen LogP contribution in [0.3, 0.4) is 0 Å². The number of hydrogen-bond acceptors (Lipinski definition) is 3. The van der Waals surface area contributed by atoms with Gasteiger partial charge in [-0.25, -0.2) is 13.6 Å². The van der Waals surface area contributed by atoms with E-state index in [4.69, 9.17) is 4.74 Å². The van der Waals surface area contributed by atoms with Gasteiger partial charge in [-0.3, -0.25) is 4.79 Å². The first-order chi connectivity index (χ1) is 16.0. The maximum atomic E-state index is 13.6. The molecule has 0 radical (unpaired) electrons. The zero-order valence-electron chi connectivity index (χ0n) is 20.8. The van der Waals surface area contributed by atoms with Gasteiger partial charge in [0.15, 0.2) is 0 Å². The average molecular weight is 474 g/mol. The molecule has 0 spiro atoms. The summed E-state index contributed by atoms with van der Waals surface area (Å²) in [7, 11) is 1.99. The van der Waals surface area contributed by atoms with Gasteiger partial charge in [0.1, 0.15) is 17.7 Å². The quantitative estimate of drug-likeness (QED) is 0.507. The van der Waals surface area contributed by atoms with E-state index in [1.54, 1.807) is 0 Å². The van der Waals surface area contributed by atoms with Gasteiger partial charge in [0, 0.05) is 31.5 Å². The fraction of sp³-hybridized carbons (Fsp3) is 0.714. The molecule has 1 heterocycles. The highest BCUT2D eigenvalue weighted by Gasteiger charge is 2.61. The predicted octanol–water partition coefficient (Wildman–Crippen LogP) is 5.99. The summed E-state index contributed by atoms with van der Waals surface area (Å²) in [6.45, 7) is 6.75. The number of esters is 1. The summed E-state index contributed by atoms with van der Waals surface area (Å²) in [6, 6.07) is 3.18. The van der Waals surface area contributed by atoms with Crippen LogP contribution < -0.4 is 0 Å². The minimum atomic E-state index is -0.773. The zero-order chi connectivity index (χ0) is 24.4. The molecule has 1 aliphatic heterocycles. The second-order valence-electron chi connectivity index (χ2n) is 12.0. The van der Waals surface area contributed by atoms with E-state index in [1.165, 1.54) is 0 Å². The van der Waals surface area contributed by atoms with E-state index < -0.39 is 17.6 Å². The molecule has 1 aromatic carbocycles. The Hall–Kier alpha value is -1.98. The molecule has 3 saturated carbocycles. The molecule has 0 N–H and O–H groups in total. The van der Waals surface area contributed by atoms with Crippen molar-refractivity contribution >= 4 is 11.9 Å². The minimum absolute atomic E-state index is 0.0741. The highest BCUT2D eigenvalue weighted by Crippen LogP contribution is 2.66. The lowest BCUT2D eigenvalue weighted by Gasteiger charge is -2.62. The Bertz CT molecular complexity index is 978. The third-order valence-corrected chi connectivity index (χ3v) is 10.6. The number of carbonyl (C=O) groups excluding carboxylic acids is 2. The highest BCUT2D eigenvalue weighted by atomic mass is 19.1. The normalized spacial score (nSPS) is 40.2. The molecule has 4 fully saturated rings. The first kappa shape index (κ1) is 23.7. The number of amides is 1. The molecule has 0 aromatic heterocycles. The van der Waals surface area contributed by atoms with Gasteiger partial charge in [-0.2, -0.15) is 0 Å². The van der Waals surface area contributed by atoms with Crippen LogP contribution in [0.5, 0.6) is 0 Å². The third-order valence-electron chi connectivity index (χ3n) is 10.6. The lowest BCUT2D eigenvalue weighted by molar-refractivity contribution is -0.159. The summed E-state index contributed by atoms with van der Waals surface area (Å²) in [6.07, 6.45) is 7.97. The number of nitrogens with zero attached hydrogens (tertiary/aromatic N) is 1. The molecule has 5 rings (SSSR count). The Kier molecular flexibility index (Phi) is 5.80. The van der Waals surface area contributed by atoms with Crippen LogP contribution in [0.2, 0.25) is 0 Å². The van der Waals surface area contributed by atoms with Crippen molar-refractivity contribution in [1.82, 2.24) is 4.90 Å². The molecule has 186 valence electrons. The summed E-state index contributed by atoms with van der Waals surface area (Å²) in [5.74, 6) is 0.186. The lowest BCUT2D eigenvalue weighted by atomic mass is 9.46. The highest BCUT2D eigenvalue weighted by molar-refractivity contribution is 5.89. The van der Waals surface area contributed by atoms with E-state index in [2.05, 4.69) is 13.8 Å². The Morgan fingerprint density at radius 2 is 1.68 bits per heavy atom. The second kappa shape index (κ2) is 8.30. The maximum absolute atomic E-state index is 13.6. The third kappa shape index (κ3) is 3.58. The standard InChI is InChI=1S/C28H37F2NO3/c1-16(34-26(33)17-13-18(29)15-19(30)14-17)21-6-7-22-20-5-8-24-28(3,12-10-25(32)31(24)4)23(20)9-11-27(21,22)2/h13-16,20-24H,5-12H2,1-4H3/t16?,20-,21+,22-,23-,24?,27+,28+/m0/s1. The number of carbonyl (C=O) groups is 2. The van der Waals surface area contributed by atoms with E-state index in [1.807, 2.05) is 18.9 Å². The number of piperidine rings is 1. The summed E-state index contributed by atoms with van der Waals surface area (Å²) in [4.78, 5) is 27.1. The van der Waals surface area contributed by atoms with Gasteiger partial charge in [0.2, 0.25) is 5.91 Å². The number of hydrogen-bond donors (Lipinski definition) is 0. The van der Waals surface area contributed by atoms with E-state index in [9.17, 15) is 18.4 Å². The van der Waals surface area contributed by atoms with E-state index in [0.717, 1.165) is 63.1 Å². The van der Waals surface area contributed by atoms with Crippen molar-refractivity contribution in [1.29, 1.82) is 0 Å². The topological polar surface area (TPSA) is 46.6 Å². The van der Waals surface area contributed by atoms with Crippen molar-refractivity contribution in [3.8, 4) is 0 Å². The van der Waals surface area contributed by atoms with E-state index in [-0.39, 0.29) is 34.3 Å². The van der Waals surface area contributed by atoms with Crippen molar-refractivity contribution in [2.45, 2.75) is 84.3 Å². The summed E-state index contributed by atoms with van der Waals surface area (Å²) in [5, 5.41) is 0. The smallest absolute Gasteiger partial charge is 0.338 e. The molecule has 1 aromatic rings. The van der Waals surface area contributed by atoms with E-state index in [0.29, 0.717) is 30.2 Å². The Balaban J connectivity index is 1.32.